The van der Waals surface area contributed by atoms with Gasteiger partial charge in [-0.15, -0.1) is 13.2 Å². The Bertz CT molecular complexity index is 620. The second kappa shape index (κ2) is 6.27. The first kappa shape index (κ1) is 15.5. The van der Waals surface area contributed by atoms with E-state index in [1.807, 2.05) is 0 Å². The minimum absolute atomic E-state index is 0.0808. The Morgan fingerprint density at radius 2 is 1.95 bits per heavy atom. The van der Waals surface area contributed by atoms with Gasteiger partial charge >= 0.3 is 6.36 Å². The van der Waals surface area contributed by atoms with Crippen molar-refractivity contribution in [3.8, 4) is 17.4 Å². The summed E-state index contributed by atoms with van der Waals surface area (Å²) in [5, 5.41) is 8.82. The molecule has 1 N–H and O–H groups in total. The average molecular weight is 365 g/mol. The van der Waals surface area contributed by atoms with Crippen LogP contribution in [0.2, 0.25) is 0 Å². The van der Waals surface area contributed by atoms with Gasteiger partial charge in [-0.1, -0.05) is 0 Å². The molecule has 2 aromatic rings. The van der Waals surface area contributed by atoms with Crippen molar-refractivity contribution in [2.75, 3.05) is 0 Å². The lowest BCUT2D eigenvalue weighted by atomic mass is 10.3. The molecule has 5 nitrogen and oxygen atoms in total. The molecule has 1 aromatic carbocycles. The highest BCUT2D eigenvalue weighted by atomic mass is 79.9. The van der Waals surface area contributed by atoms with Gasteiger partial charge in [-0.2, -0.15) is 0 Å². The van der Waals surface area contributed by atoms with Crippen LogP contribution in [0.1, 0.15) is 5.69 Å². The fourth-order valence-corrected chi connectivity index (χ4v) is 1.79. The molecule has 1 heterocycles. The topological polar surface area (TPSA) is 64.5 Å². The van der Waals surface area contributed by atoms with E-state index in [9.17, 15) is 13.2 Å². The molecule has 0 spiro atoms. The third-order valence-corrected chi connectivity index (χ3v) is 2.81. The summed E-state index contributed by atoms with van der Waals surface area (Å²) >= 11 is 2.96. The lowest BCUT2D eigenvalue weighted by Crippen LogP contribution is -2.17. The third-order valence-electron chi connectivity index (χ3n) is 2.20. The van der Waals surface area contributed by atoms with E-state index in [0.29, 0.717) is 5.69 Å². The zero-order valence-electron chi connectivity index (χ0n) is 10.3. The van der Waals surface area contributed by atoms with Crippen molar-refractivity contribution in [2.45, 2.75) is 13.0 Å². The van der Waals surface area contributed by atoms with Gasteiger partial charge in [0, 0.05) is 0 Å². The minimum Gasteiger partial charge on any atom is -0.437 e. The Morgan fingerprint density at radius 3 is 2.48 bits per heavy atom. The molecule has 0 atom stereocenters. The molecule has 112 valence electrons. The maximum absolute atomic E-state index is 12.1. The smallest absolute Gasteiger partial charge is 0.437 e. The molecule has 21 heavy (non-hydrogen) atoms. The van der Waals surface area contributed by atoms with Gasteiger partial charge in [-0.05, 0) is 34.1 Å². The standard InChI is InChI=1S/C12H8BrF3N2O3/c13-9-3-8(1-2-10(9)21-12(14,15)16)20-11-5-17-7(6-19)4-18-11/h1-5,19H,6H2. The van der Waals surface area contributed by atoms with E-state index in [4.69, 9.17) is 9.84 Å². The van der Waals surface area contributed by atoms with Crippen molar-refractivity contribution in [1.29, 1.82) is 0 Å². The lowest BCUT2D eigenvalue weighted by molar-refractivity contribution is -0.274. The van der Waals surface area contributed by atoms with E-state index in [1.54, 1.807) is 0 Å². The number of halogens is 4. The molecule has 0 radical (unpaired) electrons. The van der Waals surface area contributed by atoms with Crippen LogP contribution in [-0.4, -0.2) is 21.4 Å². The number of alkyl halides is 3. The number of hydrogen-bond donors (Lipinski definition) is 1. The van der Waals surface area contributed by atoms with Crippen molar-refractivity contribution < 1.29 is 27.8 Å². The third kappa shape index (κ3) is 4.57. The first-order valence-corrected chi connectivity index (χ1v) is 6.31. The SMILES string of the molecule is OCc1cnc(Oc2ccc(OC(F)(F)F)c(Br)c2)cn1. The molecule has 0 saturated heterocycles. The van der Waals surface area contributed by atoms with Gasteiger partial charge in [0.1, 0.15) is 11.5 Å². The van der Waals surface area contributed by atoms with Crippen LogP contribution in [0.25, 0.3) is 0 Å². The van der Waals surface area contributed by atoms with Crippen molar-refractivity contribution in [2.24, 2.45) is 0 Å². The van der Waals surface area contributed by atoms with Crippen LogP contribution in [0.15, 0.2) is 35.1 Å². The average Bonchev–Trinajstić information content (AvgIpc) is 2.41. The first-order chi connectivity index (χ1) is 9.87. The van der Waals surface area contributed by atoms with Gasteiger partial charge in [0.05, 0.1) is 29.2 Å². The van der Waals surface area contributed by atoms with E-state index in [2.05, 4.69) is 30.6 Å². The van der Waals surface area contributed by atoms with Gasteiger partial charge in [0.25, 0.3) is 0 Å². The van der Waals surface area contributed by atoms with Crippen LogP contribution in [0, 0.1) is 0 Å². The maximum atomic E-state index is 12.1. The number of nitrogens with zero attached hydrogens (tertiary/aromatic N) is 2. The van der Waals surface area contributed by atoms with Crippen LogP contribution < -0.4 is 9.47 Å². The van der Waals surface area contributed by atoms with Crippen LogP contribution in [0.4, 0.5) is 13.2 Å². The molecular formula is C12H8BrF3N2O3. The molecule has 2 rings (SSSR count). The highest BCUT2D eigenvalue weighted by Gasteiger charge is 2.32. The molecule has 9 heteroatoms. The molecule has 0 fully saturated rings. The Morgan fingerprint density at radius 1 is 1.19 bits per heavy atom. The van der Waals surface area contributed by atoms with Crippen molar-refractivity contribution >= 4 is 15.9 Å². The number of rotatable bonds is 4. The van der Waals surface area contributed by atoms with Crippen LogP contribution >= 0.6 is 15.9 Å². The maximum Gasteiger partial charge on any atom is 0.573 e. The molecule has 1 aromatic heterocycles. The Kier molecular flexibility index (Phi) is 4.63. The lowest BCUT2D eigenvalue weighted by Gasteiger charge is -2.11. The van der Waals surface area contributed by atoms with Crippen molar-refractivity contribution in [1.82, 2.24) is 9.97 Å². The van der Waals surface area contributed by atoms with Crippen LogP contribution in [0.3, 0.4) is 0 Å². The van der Waals surface area contributed by atoms with Gasteiger partial charge in [0.2, 0.25) is 5.88 Å². The molecule has 0 saturated carbocycles. The predicted octanol–water partition coefficient (Wildman–Crippen LogP) is 3.42. The van der Waals surface area contributed by atoms with Gasteiger partial charge in [-0.3, -0.25) is 4.98 Å². The normalized spacial score (nSPS) is 11.3. The first-order valence-electron chi connectivity index (χ1n) is 5.52. The largest absolute Gasteiger partial charge is 0.573 e. The summed E-state index contributed by atoms with van der Waals surface area (Å²) in [6.45, 7) is -0.248. The molecular weight excluding hydrogens is 357 g/mol. The molecule has 0 amide bonds. The molecule has 0 aliphatic carbocycles. The molecule has 0 unspecified atom stereocenters. The van der Waals surface area contributed by atoms with Crippen molar-refractivity contribution in [3.05, 3.63) is 40.8 Å². The van der Waals surface area contributed by atoms with Crippen LogP contribution in [-0.2, 0) is 6.61 Å². The zero-order chi connectivity index (χ0) is 15.5. The predicted molar refractivity (Wildman–Crippen MR) is 68.9 cm³/mol. The summed E-state index contributed by atoms with van der Waals surface area (Å²) in [4.78, 5) is 7.74. The summed E-state index contributed by atoms with van der Waals surface area (Å²) in [7, 11) is 0. The number of aromatic nitrogens is 2. The summed E-state index contributed by atoms with van der Waals surface area (Å²) in [6, 6.07) is 3.72. The van der Waals surface area contributed by atoms with Crippen LogP contribution in [0.5, 0.6) is 17.4 Å². The number of benzene rings is 1. The summed E-state index contributed by atoms with van der Waals surface area (Å²) in [5.41, 5.74) is 0.373. The Balaban J connectivity index is 2.12. The van der Waals surface area contributed by atoms with E-state index in [-0.39, 0.29) is 28.5 Å². The molecule has 0 bridgehead atoms. The second-order valence-electron chi connectivity index (χ2n) is 3.75. The second-order valence-corrected chi connectivity index (χ2v) is 4.60. The van der Waals surface area contributed by atoms with E-state index >= 15 is 0 Å². The fraction of sp³-hybridized carbons (Fsp3) is 0.167. The number of hydrogen-bond acceptors (Lipinski definition) is 5. The van der Waals surface area contributed by atoms with Gasteiger partial charge < -0.3 is 14.6 Å². The summed E-state index contributed by atoms with van der Waals surface area (Å²) in [6.07, 6.45) is -2.15. The Labute approximate surface area is 125 Å². The summed E-state index contributed by atoms with van der Waals surface area (Å²) < 4.78 is 45.6. The quantitative estimate of drug-likeness (QED) is 0.900. The number of ether oxygens (including phenoxy) is 2. The monoisotopic (exact) mass is 364 g/mol. The minimum atomic E-state index is -4.77. The highest BCUT2D eigenvalue weighted by molar-refractivity contribution is 9.10. The molecule has 0 aliphatic heterocycles. The van der Waals surface area contributed by atoms with Crippen molar-refractivity contribution in [3.63, 3.8) is 0 Å². The number of aliphatic hydroxyl groups excluding tert-OH is 1. The Hall–Kier alpha value is -1.87. The summed E-state index contributed by atoms with van der Waals surface area (Å²) in [5.74, 6) is 0.0163. The zero-order valence-corrected chi connectivity index (χ0v) is 11.8. The number of aliphatic hydroxyl groups is 1. The van der Waals surface area contributed by atoms with E-state index in [1.165, 1.54) is 24.5 Å². The van der Waals surface area contributed by atoms with Gasteiger partial charge in [0.15, 0.2) is 0 Å². The van der Waals surface area contributed by atoms with E-state index < -0.39 is 6.36 Å². The van der Waals surface area contributed by atoms with E-state index in [0.717, 1.165) is 6.07 Å². The van der Waals surface area contributed by atoms with Gasteiger partial charge in [-0.25, -0.2) is 4.98 Å². The fourth-order valence-electron chi connectivity index (χ4n) is 1.35. The molecule has 0 aliphatic rings. The highest BCUT2D eigenvalue weighted by Crippen LogP contribution is 2.34.